The Morgan fingerprint density at radius 2 is 1.86 bits per heavy atom. The van der Waals surface area contributed by atoms with E-state index >= 15 is 0 Å². The molecule has 0 saturated heterocycles. The van der Waals surface area contributed by atoms with Gasteiger partial charge >= 0.3 is 11.9 Å². The van der Waals surface area contributed by atoms with Crippen molar-refractivity contribution < 1.29 is 19.1 Å². The third kappa shape index (κ3) is 3.52. The average Bonchev–Trinajstić information content (AvgIpc) is 2.53. The van der Waals surface area contributed by atoms with Gasteiger partial charge in [-0.2, -0.15) is 0 Å². The number of benzene rings is 1. The van der Waals surface area contributed by atoms with E-state index in [9.17, 15) is 9.59 Å². The number of aromatic nitrogens is 1. The van der Waals surface area contributed by atoms with Crippen LogP contribution in [0.2, 0.25) is 0 Å². The van der Waals surface area contributed by atoms with Crippen LogP contribution in [-0.4, -0.2) is 36.7 Å². The fourth-order valence-electron chi connectivity index (χ4n) is 2.07. The normalized spacial score (nSPS) is 10.3. The highest BCUT2D eigenvalue weighted by Gasteiger charge is 2.17. The minimum atomic E-state index is -0.480. The summed E-state index contributed by atoms with van der Waals surface area (Å²) in [5.74, 6) is -0.870. The topological polar surface area (TPSA) is 77.5 Å². The van der Waals surface area contributed by atoms with E-state index in [0.29, 0.717) is 17.9 Å². The highest BCUT2D eigenvalue weighted by atomic mass is 16.5. The van der Waals surface area contributed by atoms with Crippen molar-refractivity contribution in [2.24, 2.45) is 0 Å². The van der Waals surface area contributed by atoms with Crippen LogP contribution in [0.15, 0.2) is 30.5 Å². The third-order valence-electron chi connectivity index (χ3n) is 2.99. The molecule has 0 fully saturated rings. The number of hydrogen-bond donors (Lipinski definition) is 1. The first-order valence-electron chi connectivity index (χ1n) is 7.11. The molecule has 116 valence electrons. The molecule has 22 heavy (non-hydrogen) atoms. The fourth-order valence-corrected chi connectivity index (χ4v) is 2.07. The molecule has 0 amide bonds. The molecule has 1 aromatic carbocycles. The fraction of sp³-hybridized carbons (Fsp3) is 0.312. The van der Waals surface area contributed by atoms with Crippen LogP contribution in [0, 0.1) is 0 Å². The zero-order valence-electron chi connectivity index (χ0n) is 12.6. The number of carbonyl (C=O) groups excluding carboxylic acids is 2. The van der Waals surface area contributed by atoms with Gasteiger partial charge in [0, 0.05) is 11.6 Å². The monoisotopic (exact) mass is 302 g/mol. The van der Waals surface area contributed by atoms with E-state index in [1.165, 1.54) is 6.20 Å². The van der Waals surface area contributed by atoms with Gasteiger partial charge in [-0.15, -0.1) is 0 Å². The quantitative estimate of drug-likeness (QED) is 0.826. The Bertz CT molecular complexity index is 685. The van der Waals surface area contributed by atoms with Gasteiger partial charge in [-0.05, 0) is 19.9 Å². The number of nitrogens with one attached hydrogen (secondary N) is 1. The summed E-state index contributed by atoms with van der Waals surface area (Å²) in [5, 5.41) is 3.71. The van der Waals surface area contributed by atoms with Crippen molar-refractivity contribution in [3.05, 3.63) is 36.0 Å². The second-order valence-electron chi connectivity index (χ2n) is 4.44. The molecular weight excluding hydrogens is 284 g/mol. The van der Waals surface area contributed by atoms with Crippen LogP contribution < -0.4 is 5.32 Å². The van der Waals surface area contributed by atoms with Crippen LogP contribution in [-0.2, 0) is 14.3 Å². The Labute approximate surface area is 128 Å². The SMILES string of the molecule is CCOC(=O)CNc1c(C(=O)OCC)cnc2ccccc12. The van der Waals surface area contributed by atoms with Crippen LogP contribution in [0.3, 0.4) is 0 Å². The average molecular weight is 302 g/mol. The maximum Gasteiger partial charge on any atom is 0.341 e. The molecule has 0 unspecified atom stereocenters. The highest BCUT2D eigenvalue weighted by Crippen LogP contribution is 2.26. The molecule has 0 aliphatic carbocycles. The maximum atomic E-state index is 12.1. The number of carbonyl (C=O) groups is 2. The minimum Gasteiger partial charge on any atom is -0.465 e. The van der Waals surface area contributed by atoms with E-state index in [-0.39, 0.29) is 13.2 Å². The minimum absolute atomic E-state index is 0.0335. The molecule has 6 heteroatoms. The summed E-state index contributed by atoms with van der Waals surface area (Å²) in [5.41, 5.74) is 1.55. The van der Waals surface area contributed by atoms with Crippen molar-refractivity contribution in [3.8, 4) is 0 Å². The predicted molar refractivity (Wildman–Crippen MR) is 82.8 cm³/mol. The Morgan fingerprint density at radius 1 is 1.14 bits per heavy atom. The highest BCUT2D eigenvalue weighted by molar-refractivity contribution is 6.05. The zero-order valence-corrected chi connectivity index (χ0v) is 12.6. The Morgan fingerprint density at radius 3 is 2.59 bits per heavy atom. The summed E-state index contributed by atoms with van der Waals surface area (Å²) < 4.78 is 9.93. The summed E-state index contributed by atoms with van der Waals surface area (Å²) in [6.07, 6.45) is 1.45. The smallest absolute Gasteiger partial charge is 0.341 e. The number of nitrogens with zero attached hydrogens (tertiary/aromatic N) is 1. The molecule has 0 aliphatic heterocycles. The van der Waals surface area contributed by atoms with Crippen LogP contribution in [0.4, 0.5) is 5.69 Å². The maximum absolute atomic E-state index is 12.1. The van der Waals surface area contributed by atoms with Gasteiger partial charge in [0.05, 0.1) is 24.4 Å². The van der Waals surface area contributed by atoms with E-state index < -0.39 is 11.9 Å². The molecule has 0 radical (unpaired) electrons. The number of para-hydroxylation sites is 1. The lowest BCUT2D eigenvalue weighted by Crippen LogP contribution is -2.19. The first-order chi connectivity index (χ1) is 10.7. The van der Waals surface area contributed by atoms with E-state index in [1.54, 1.807) is 13.8 Å². The van der Waals surface area contributed by atoms with Gasteiger partial charge in [0.25, 0.3) is 0 Å². The van der Waals surface area contributed by atoms with Crippen molar-refractivity contribution in [3.63, 3.8) is 0 Å². The van der Waals surface area contributed by atoms with Gasteiger partial charge in [-0.3, -0.25) is 9.78 Å². The van der Waals surface area contributed by atoms with Crippen molar-refractivity contribution in [1.82, 2.24) is 4.98 Å². The zero-order chi connectivity index (χ0) is 15.9. The first-order valence-corrected chi connectivity index (χ1v) is 7.11. The lowest BCUT2D eigenvalue weighted by molar-refractivity contribution is -0.140. The van der Waals surface area contributed by atoms with E-state index in [4.69, 9.17) is 9.47 Å². The van der Waals surface area contributed by atoms with Gasteiger partial charge < -0.3 is 14.8 Å². The van der Waals surface area contributed by atoms with Crippen LogP contribution >= 0.6 is 0 Å². The predicted octanol–water partition coefficient (Wildman–Crippen LogP) is 2.39. The summed E-state index contributed by atoms with van der Waals surface area (Å²) in [4.78, 5) is 27.9. The molecule has 0 bridgehead atoms. The number of anilines is 1. The van der Waals surface area contributed by atoms with Crippen molar-refractivity contribution in [2.45, 2.75) is 13.8 Å². The Hall–Kier alpha value is -2.63. The molecular formula is C16H18N2O4. The van der Waals surface area contributed by atoms with Gasteiger partial charge in [0.15, 0.2) is 0 Å². The Kier molecular flexibility index (Phi) is 5.30. The number of rotatable bonds is 6. The standard InChI is InChI=1S/C16H18N2O4/c1-3-21-14(19)10-18-15-11-7-5-6-8-13(11)17-9-12(15)16(20)22-4-2/h5-9H,3-4,10H2,1-2H3,(H,17,18). The lowest BCUT2D eigenvalue weighted by atomic mass is 10.1. The molecule has 6 nitrogen and oxygen atoms in total. The van der Waals surface area contributed by atoms with Gasteiger partial charge in [0.2, 0.25) is 0 Å². The number of ether oxygens (including phenoxy) is 2. The number of hydrogen-bond acceptors (Lipinski definition) is 6. The molecule has 2 rings (SSSR count). The van der Waals surface area contributed by atoms with E-state index in [2.05, 4.69) is 10.3 Å². The van der Waals surface area contributed by atoms with Crippen molar-refractivity contribution >= 4 is 28.5 Å². The van der Waals surface area contributed by atoms with E-state index in [1.807, 2.05) is 24.3 Å². The van der Waals surface area contributed by atoms with Gasteiger partial charge in [-0.25, -0.2) is 4.79 Å². The largest absolute Gasteiger partial charge is 0.465 e. The molecule has 0 aliphatic rings. The van der Waals surface area contributed by atoms with Crippen LogP contribution in [0.5, 0.6) is 0 Å². The van der Waals surface area contributed by atoms with Gasteiger partial charge in [0.1, 0.15) is 12.1 Å². The molecule has 0 spiro atoms. The summed E-state index contributed by atoms with van der Waals surface area (Å²) in [6.45, 7) is 4.02. The lowest BCUT2D eigenvalue weighted by Gasteiger charge is -2.13. The van der Waals surface area contributed by atoms with Gasteiger partial charge in [-0.1, -0.05) is 18.2 Å². The Balaban J connectivity index is 2.39. The number of pyridine rings is 1. The number of fused-ring (bicyclic) bond motifs is 1. The first kappa shape index (κ1) is 15.8. The second kappa shape index (κ2) is 7.40. The summed E-state index contributed by atoms with van der Waals surface area (Å²) in [7, 11) is 0. The molecule has 0 atom stereocenters. The summed E-state index contributed by atoms with van der Waals surface area (Å²) >= 11 is 0. The van der Waals surface area contributed by atoms with Crippen LogP contribution in [0.1, 0.15) is 24.2 Å². The van der Waals surface area contributed by atoms with Crippen LogP contribution in [0.25, 0.3) is 10.9 Å². The third-order valence-corrected chi connectivity index (χ3v) is 2.99. The summed E-state index contributed by atoms with van der Waals surface area (Å²) in [6, 6.07) is 7.36. The van der Waals surface area contributed by atoms with Crippen molar-refractivity contribution in [1.29, 1.82) is 0 Å². The molecule has 1 aromatic heterocycles. The molecule has 0 saturated carbocycles. The van der Waals surface area contributed by atoms with Crippen molar-refractivity contribution in [2.75, 3.05) is 25.1 Å². The molecule has 1 N–H and O–H groups in total. The number of esters is 2. The molecule has 2 aromatic rings. The second-order valence-corrected chi connectivity index (χ2v) is 4.44. The molecule has 1 heterocycles. The van der Waals surface area contributed by atoms with E-state index in [0.717, 1.165) is 10.9 Å².